The minimum absolute atomic E-state index is 0.0393. The molecule has 0 saturated heterocycles. The molecule has 0 bridgehead atoms. The standard InChI is InChI=1S/C12H6F2N2O2.C2H6O2/c13-12(14)17-10-3-1-2-8(11(10)18-12)9-6-16-5-7(9)4-15;3-1-2-4/h1-3,5-6,16H;3-4H,1-2H2. The zero-order valence-corrected chi connectivity index (χ0v) is 11.2. The molecule has 1 aliphatic rings. The maximum atomic E-state index is 13.0. The third kappa shape index (κ3) is 3.16. The van der Waals surface area contributed by atoms with Gasteiger partial charge in [0.05, 0.1) is 18.8 Å². The van der Waals surface area contributed by atoms with Gasteiger partial charge < -0.3 is 24.7 Å². The Labute approximate surface area is 124 Å². The van der Waals surface area contributed by atoms with Crippen LogP contribution in [0.4, 0.5) is 8.78 Å². The van der Waals surface area contributed by atoms with Crippen molar-refractivity contribution in [1.82, 2.24) is 4.98 Å². The SMILES string of the molecule is N#Cc1c[nH]cc1-c1cccc2c1OC(F)(F)O2.OCCO. The summed E-state index contributed by atoms with van der Waals surface area (Å²) < 4.78 is 34.9. The van der Waals surface area contributed by atoms with Gasteiger partial charge in [-0.2, -0.15) is 5.26 Å². The number of nitriles is 1. The van der Waals surface area contributed by atoms with E-state index < -0.39 is 6.29 Å². The molecule has 0 atom stereocenters. The molecule has 22 heavy (non-hydrogen) atoms. The predicted molar refractivity (Wildman–Crippen MR) is 71.3 cm³/mol. The van der Waals surface area contributed by atoms with Crippen LogP contribution in [0.5, 0.6) is 11.5 Å². The van der Waals surface area contributed by atoms with Crippen molar-refractivity contribution in [2.45, 2.75) is 6.29 Å². The number of aromatic nitrogens is 1. The molecular formula is C14H12F2N2O4. The van der Waals surface area contributed by atoms with E-state index in [-0.39, 0.29) is 24.7 Å². The van der Waals surface area contributed by atoms with E-state index in [1.165, 1.54) is 12.3 Å². The summed E-state index contributed by atoms with van der Waals surface area (Å²) in [5.41, 5.74) is 1.24. The zero-order chi connectivity index (χ0) is 16.2. The molecular weight excluding hydrogens is 298 g/mol. The first-order valence-corrected chi connectivity index (χ1v) is 6.20. The number of aliphatic hydroxyl groups is 2. The highest BCUT2D eigenvalue weighted by atomic mass is 19.3. The number of nitrogens with one attached hydrogen (secondary N) is 1. The van der Waals surface area contributed by atoms with E-state index in [1.807, 2.05) is 6.07 Å². The molecule has 1 aromatic heterocycles. The van der Waals surface area contributed by atoms with Gasteiger partial charge in [-0.05, 0) is 6.07 Å². The van der Waals surface area contributed by atoms with Crippen molar-refractivity contribution in [2.75, 3.05) is 13.2 Å². The Hall–Kier alpha value is -2.63. The van der Waals surface area contributed by atoms with Gasteiger partial charge in [-0.3, -0.25) is 0 Å². The number of benzene rings is 1. The number of aliphatic hydroxyl groups excluding tert-OH is 2. The van der Waals surface area contributed by atoms with Gasteiger partial charge in [-0.15, -0.1) is 8.78 Å². The quantitative estimate of drug-likeness (QED) is 0.786. The number of halogens is 2. The number of ether oxygens (including phenoxy) is 2. The van der Waals surface area contributed by atoms with Crippen LogP contribution in [0.1, 0.15) is 5.56 Å². The lowest BCUT2D eigenvalue weighted by atomic mass is 10.0. The van der Waals surface area contributed by atoms with Gasteiger partial charge in [-0.25, -0.2) is 0 Å². The van der Waals surface area contributed by atoms with Crippen LogP contribution in [0, 0.1) is 11.3 Å². The molecule has 6 nitrogen and oxygen atoms in total. The van der Waals surface area contributed by atoms with Crippen molar-refractivity contribution in [3.63, 3.8) is 0 Å². The minimum atomic E-state index is -3.67. The fraction of sp³-hybridized carbons (Fsp3) is 0.214. The number of nitrogens with zero attached hydrogens (tertiary/aromatic N) is 1. The van der Waals surface area contributed by atoms with E-state index >= 15 is 0 Å². The number of alkyl halides is 2. The fourth-order valence-corrected chi connectivity index (χ4v) is 1.86. The Kier molecular flexibility index (Phi) is 4.60. The van der Waals surface area contributed by atoms with Crippen molar-refractivity contribution >= 4 is 0 Å². The lowest BCUT2D eigenvalue weighted by Gasteiger charge is -2.06. The van der Waals surface area contributed by atoms with Gasteiger partial charge in [0.25, 0.3) is 0 Å². The minimum Gasteiger partial charge on any atom is -0.395 e. The summed E-state index contributed by atoms with van der Waals surface area (Å²) in [4.78, 5) is 2.75. The van der Waals surface area contributed by atoms with E-state index in [0.717, 1.165) is 0 Å². The highest BCUT2D eigenvalue weighted by Crippen LogP contribution is 2.47. The molecule has 1 aliphatic heterocycles. The Morgan fingerprint density at radius 3 is 2.50 bits per heavy atom. The maximum absolute atomic E-state index is 13.0. The smallest absolute Gasteiger partial charge is 0.395 e. The number of H-pyrrole nitrogens is 1. The Bertz CT molecular complexity index is 692. The Balaban J connectivity index is 0.000000396. The molecule has 0 unspecified atom stereocenters. The molecule has 0 spiro atoms. The Morgan fingerprint density at radius 2 is 1.86 bits per heavy atom. The highest BCUT2D eigenvalue weighted by molar-refractivity contribution is 5.78. The van der Waals surface area contributed by atoms with Crippen molar-refractivity contribution < 1.29 is 28.5 Å². The van der Waals surface area contributed by atoms with Gasteiger partial charge in [0, 0.05) is 23.5 Å². The van der Waals surface area contributed by atoms with Crippen LogP contribution < -0.4 is 9.47 Å². The molecule has 0 amide bonds. The van der Waals surface area contributed by atoms with Crippen molar-refractivity contribution in [1.29, 1.82) is 5.26 Å². The number of rotatable bonds is 2. The van der Waals surface area contributed by atoms with Crippen molar-refractivity contribution in [3.05, 3.63) is 36.2 Å². The average molecular weight is 310 g/mol. The largest absolute Gasteiger partial charge is 0.586 e. The van der Waals surface area contributed by atoms with E-state index in [2.05, 4.69) is 14.5 Å². The molecule has 0 aliphatic carbocycles. The third-order valence-electron chi connectivity index (χ3n) is 2.68. The van der Waals surface area contributed by atoms with E-state index in [4.69, 9.17) is 15.5 Å². The molecule has 116 valence electrons. The summed E-state index contributed by atoms with van der Waals surface area (Å²) in [5.74, 6) is -0.0961. The summed E-state index contributed by atoms with van der Waals surface area (Å²) in [6, 6.07) is 6.51. The molecule has 2 heterocycles. The maximum Gasteiger partial charge on any atom is 0.586 e. The molecule has 0 saturated carbocycles. The molecule has 1 aromatic carbocycles. The normalized spacial score (nSPS) is 14.0. The number of hydrogen-bond acceptors (Lipinski definition) is 5. The number of fused-ring (bicyclic) bond motifs is 1. The molecule has 2 aromatic rings. The molecule has 8 heteroatoms. The molecule has 0 radical (unpaired) electrons. The second kappa shape index (κ2) is 6.43. The lowest BCUT2D eigenvalue weighted by Crippen LogP contribution is -2.26. The second-order valence-corrected chi connectivity index (χ2v) is 4.14. The van der Waals surface area contributed by atoms with Crippen LogP contribution in [0.3, 0.4) is 0 Å². The second-order valence-electron chi connectivity index (χ2n) is 4.14. The molecule has 0 fully saturated rings. The molecule has 3 N–H and O–H groups in total. The van der Waals surface area contributed by atoms with Gasteiger partial charge in [0.15, 0.2) is 11.5 Å². The van der Waals surface area contributed by atoms with Crippen LogP contribution in [0.15, 0.2) is 30.6 Å². The van der Waals surface area contributed by atoms with Gasteiger partial charge in [0.1, 0.15) is 6.07 Å². The van der Waals surface area contributed by atoms with Crippen LogP contribution in [-0.2, 0) is 0 Å². The van der Waals surface area contributed by atoms with Crippen LogP contribution >= 0.6 is 0 Å². The first-order chi connectivity index (χ1) is 10.5. The third-order valence-corrected chi connectivity index (χ3v) is 2.68. The topological polar surface area (TPSA) is 98.5 Å². The van der Waals surface area contributed by atoms with Crippen molar-refractivity contribution in [3.8, 4) is 28.7 Å². The first-order valence-electron chi connectivity index (χ1n) is 6.20. The average Bonchev–Trinajstić information content (AvgIpc) is 3.08. The number of hydrogen-bond donors (Lipinski definition) is 3. The molecule has 3 rings (SSSR count). The van der Waals surface area contributed by atoms with E-state index in [1.54, 1.807) is 18.3 Å². The van der Waals surface area contributed by atoms with E-state index in [0.29, 0.717) is 16.7 Å². The van der Waals surface area contributed by atoms with Crippen molar-refractivity contribution in [2.24, 2.45) is 0 Å². The van der Waals surface area contributed by atoms with Crippen LogP contribution in [0.2, 0.25) is 0 Å². The number of para-hydroxylation sites is 1. The predicted octanol–water partition coefficient (Wildman–Crippen LogP) is 1.85. The van der Waals surface area contributed by atoms with Gasteiger partial charge >= 0.3 is 6.29 Å². The van der Waals surface area contributed by atoms with Gasteiger partial charge in [0.2, 0.25) is 0 Å². The Morgan fingerprint density at radius 1 is 1.14 bits per heavy atom. The van der Waals surface area contributed by atoms with Gasteiger partial charge in [-0.1, -0.05) is 12.1 Å². The van der Waals surface area contributed by atoms with Crippen LogP contribution in [0.25, 0.3) is 11.1 Å². The monoisotopic (exact) mass is 310 g/mol. The van der Waals surface area contributed by atoms with Crippen LogP contribution in [-0.4, -0.2) is 34.7 Å². The number of aromatic amines is 1. The first kappa shape index (κ1) is 15.8. The summed E-state index contributed by atoms with van der Waals surface area (Å²) in [7, 11) is 0. The summed E-state index contributed by atoms with van der Waals surface area (Å²) >= 11 is 0. The summed E-state index contributed by atoms with van der Waals surface area (Å²) in [6.07, 6.45) is -0.627. The summed E-state index contributed by atoms with van der Waals surface area (Å²) in [6.45, 7) is -0.250. The zero-order valence-electron chi connectivity index (χ0n) is 11.2. The fourth-order valence-electron chi connectivity index (χ4n) is 1.86. The highest BCUT2D eigenvalue weighted by Gasteiger charge is 2.44. The summed E-state index contributed by atoms with van der Waals surface area (Å²) in [5, 5.41) is 24.2. The lowest BCUT2D eigenvalue weighted by molar-refractivity contribution is -0.286. The van der Waals surface area contributed by atoms with E-state index in [9.17, 15) is 8.78 Å².